The molecule has 102 valence electrons. The van der Waals surface area contributed by atoms with Gasteiger partial charge in [-0.3, -0.25) is 4.79 Å². The Morgan fingerprint density at radius 2 is 1.56 bits per heavy atom. The van der Waals surface area contributed by atoms with E-state index >= 15 is 0 Å². The Kier molecular flexibility index (Phi) is 19.6. The van der Waals surface area contributed by atoms with E-state index in [0.29, 0.717) is 13.0 Å². The Balaban J connectivity index is -0.00000128. The summed E-state index contributed by atoms with van der Waals surface area (Å²) in [7, 11) is 0. The molecule has 0 aliphatic heterocycles. The summed E-state index contributed by atoms with van der Waals surface area (Å²) >= 11 is 0. The third kappa shape index (κ3) is 16.2. The van der Waals surface area contributed by atoms with Crippen LogP contribution < -0.4 is 29.6 Å². The van der Waals surface area contributed by atoms with Crippen molar-refractivity contribution in [3.63, 3.8) is 0 Å². The van der Waals surface area contributed by atoms with Gasteiger partial charge in [-0.15, -0.1) is 0 Å². The van der Waals surface area contributed by atoms with Gasteiger partial charge >= 0.3 is 35.5 Å². The van der Waals surface area contributed by atoms with Crippen molar-refractivity contribution in [1.82, 2.24) is 0 Å². The van der Waals surface area contributed by atoms with E-state index in [0.717, 1.165) is 12.8 Å². The molecule has 0 unspecified atom stereocenters. The molecule has 0 N–H and O–H groups in total. The van der Waals surface area contributed by atoms with E-state index in [2.05, 4.69) is 13.5 Å². The van der Waals surface area contributed by atoms with Gasteiger partial charge in [0.2, 0.25) is 0 Å². The first kappa shape index (κ1) is 20.5. The van der Waals surface area contributed by atoms with Crippen LogP contribution in [0.3, 0.4) is 0 Å². The van der Waals surface area contributed by atoms with Gasteiger partial charge < -0.3 is 6.16 Å². The summed E-state index contributed by atoms with van der Waals surface area (Å²) < 4.78 is 4.91. The average Bonchev–Trinajstić information content (AvgIpc) is 2.34. The molecule has 18 heavy (non-hydrogen) atoms. The summed E-state index contributed by atoms with van der Waals surface area (Å²) in [4.78, 5) is 11.1. The minimum atomic E-state index is -0.0900. The molecule has 0 atom stereocenters. The second kappa shape index (κ2) is 17.2. The molecule has 0 aromatic carbocycles. The summed E-state index contributed by atoms with van der Waals surface area (Å²) in [5, 5.41) is 0. The molecule has 0 bridgehead atoms. The van der Waals surface area contributed by atoms with Crippen LogP contribution >= 0.6 is 0 Å². The van der Waals surface area contributed by atoms with Gasteiger partial charge in [-0.25, -0.2) is 0 Å². The summed E-state index contributed by atoms with van der Waals surface area (Å²) in [5.74, 6) is -0.0900. The maximum absolute atomic E-state index is 11.1. The monoisotopic (exact) mass is 264 g/mol. The van der Waals surface area contributed by atoms with Crippen LogP contribution in [0.25, 0.3) is 0 Å². The molecule has 2 nitrogen and oxygen atoms in total. The Hall–Kier alpha value is 0.210. The standard InChI is InChI=1S/C15H28O2.Na.H/c1-3-5-6-7-8-9-10-11-12-13-15(16)17-14-4-2;;/h4H,2-3,5-14H2,1H3;;/q;+1;-1. The largest absolute Gasteiger partial charge is 1.00 e. The minimum absolute atomic E-state index is 0. The minimum Gasteiger partial charge on any atom is -1.00 e. The molecular formula is C15H29NaO2. The van der Waals surface area contributed by atoms with Crippen LogP contribution in [0, 0.1) is 0 Å². The average molecular weight is 264 g/mol. The molecule has 0 aliphatic rings. The summed E-state index contributed by atoms with van der Waals surface area (Å²) in [5.41, 5.74) is 0. The van der Waals surface area contributed by atoms with Crippen LogP contribution in [0.4, 0.5) is 0 Å². The molecule has 0 heterocycles. The molecule has 0 aromatic heterocycles. The predicted molar refractivity (Wildman–Crippen MR) is 74.1 cm³/mol. The first-order chi connectivity index (χ1) is 8.31. The van der Waals surface area contributed by atoms with Gasteiger partial charge in [0.15, 0.2) is 0 Å². The third-order valence-electron chi connectivity index (χ3n) is 2.85. The van der Waals surface area contributed by atoms with Gasteiger partial charge in [0.05, 0.1) is 0 Å². The second-order valence-electron chi connectivity index (χ2n) is 4.55. The zero-order valence-electron chi connectivity index (χ0n) is 13.4. The third-order valence-corrected chi connectivity index (χ3v) is 2.85. The van der Waals surface area contributed by atoms with Crippen LogP contribution in [0.1, 0.15) is 72.6 Å². The maximum atomic E-state index is 11.1. The Morgan fingerprint density at radius 1 is 1.06 bits per heavy atom. The van der Waals surface area contributed by atoms with E-state index in [1.807, 2.05) is 0 Å². The maximum Gasteiger partial charge on any atom is 1.00 e. The molecule has 0 amide bonds. The number of carbonyl (C=O) groups excluding carboxylic acids is 1. The van der Waals surface area contributed by atoms with Gasteiger partial charge in [-0.1, -0.05) is 70.9 Å². The van der Waals surface area contributed by atoms with Crippen LogP contribution in [0.2, 0.25) is 0 Å². The number of ether oxygens (including phenoxy) is 1. The topological polar surface area (TPSA) is 26.3 Å². The summed E-state index contributed by atoms with van der Waals surface area (Å²) in [6.45, 7) is 6.09. The van der Waals surface area contributed by atoms with E-state index < -0.39 is 0 Å². The zero-order chi connectivity index (χ0) is 12.8. The number of rotatable bonds is 12. The molecule has 3 heteroatoms. The van der Waals surface area contributed by atoms with E-state index in [4.69, 9.17) is 4.74 Å². The zero-order valence-corrected chi connectivity index (χ0v) is 14.4. The van der Waals surface area contributed by atoms with Crippen molar-refractivity contribution in [3.8, 4) is 0 Å². The number of unbranched alkanes of at least 4 members (excludes halogenated alkanes) is 8. The van der Waals surface area contributed by atoms with Crippen LogP contribution in [0.5, 0.6) is 0 Å². The van der Waals surface area contributed by atoms with Crippen molar-refractivity contribution < 1.29 is 40.5 Å². The van der Waals surface area contributed by atoms with E-state index in [1.165, 1.54) is 44.9 Å². The van der Waals surface area contributed by atoms with Gasteiger partial charge in [0, 0.05) is 6.42 Å². The van der Waals surface area contributed by atoms with E-state index in [-0.39, 0.29) is 37.0 Å². The molecule has 0 saturated carbocycles. The molecule has 0 aliphatic carbocycles. The molecule has 0 rings (SSSR count). The van der Waals surface area contributed by atoms with Gasteiger partial charge in [-0.2, -0.15) is 0 Å². The Labute approximate surface area is 136 Å². The Bertz CT molecular complexity index is 199. The van der Waals surface area contributed by atoms with Gasteiger partial charge in [-0.05, 0) is 6.42 Å². The Morgan fingerprint density at radius 3 is 2.06 bits per heavy atom. The van der Waals surface area contributed by atoms with Crippen molar-refractivity contribution in [3.05, 3.63) is 12.7 Å². The van der Waals surface area contributed by atoms with E-state index in [9.17, 15) is 4.79 Å². The van der Waals surface area contributed by atoms with Crippen molar-refractivity contribution in [2.75, 3.05) is 6.61 Å². The fourth-order valence-electron chi connectivity index (χ4n) is 1.80. The molecule has 0 spiro atoms. The number of esters is 1. The quantitative estimate of drug-likeness (QED) is 0.232. The fourth-order valence-corrected chi connectivity index (χ4v) is 1.80. The molecule has 0 saturated heterocycles. The number of hydrogen-bond donors (Lipinski definition) is 0. The van der Waals surface area contributed by atoms with Crippen molar-refractivity contribution in [2.45, 2.75) is 71.1 Å². The van der Waals surface area contributed by atoms with Gasteiger partial charge in [0.1, 0.15) is 6.61 Å². The first-order valence-corrected chi connectivity index (χ1v) is 7.07. The molecule has 0 aromatic rings. The molecular weight excluding hydrogens is 235 g/mol. The van der Waals surface area contributed by atoms with Crippen LogP contribution in [0.15, 0.2) is 12.7 Å². The number of carbonyl (C=O) groups is 1. The normalized spacial score (nSPS) is 9.61. The number of hydrogen-bond acceptors (Lipinski definition) is 2. The van der Waals surface area contributed by atoms with Crippen LogP contribution in [-0.4, -0.2) is 12.6 Å². The van der Waals surface area contributed by atoms with Crippen molar-refractivity contribution in [2.24, 2.45) is 0 Å². The second-order valence-corrected chi connectivity index (χ2v) is 4.55. The predicted octanol–water partition coefficient (Wildman–Crippen LogP) is 1.75. The van der Waals surface area contributed by atoms with Gasteiger partial charge in [0.25, 0.3) is 0 Å². The smallest absolute Gasteiger partial charge is 1.00 e. The van der Waals surface area contributed by atoms with Crippen LogP contribution in [-0.2, 0) is 9.53 Å². The SMILES string of the molecule is C=CCOC(=O)CCCCCCCCCCC.[H-].[Na+]. The summed E-state index contributed by atoms with van der Waals surface area (Å²) in [6, 6.07) is 0. The summed E-state index contributed by atoms with van der Waals surface area (Å²) in [6.07, 6.45) is 13.6. The fraction of sp³-hybridized carbons (Fsp3) is 0.800. The van der Waals surface area contributed by atoms with E-state index in [1.54, 1.807) is 6.08 Å². The molecule has 0 radical (unpaired) electrons. The van der Waals surface area contributed by atoms with Crippen molar-refractivity contribution in [1.29, 1.82) is 0 Å². The molecule has 0 fully saturated rings. The van der Waals surface area contributed by atoms with Crippen molar-refractivity contribution >= 4 is 5.97 Å². The first-order valence-electron chi connectivity index (χ1n) is 7.07.